The van der Waals surface area contributed by atoms with E-state index in [-0.39, 0.29) is 19.0 Å². The molecule has 1 aliphatic rings. The van der Waals surface area contributed by atoms with Gasteiger partial charge in [0, 0.05) is 19.5 Å². The van der Waals surface area contributed by atoms with Crippen molar-refractivity contribution in [2.75, 3.05) is 18.8 Å². The highest BCUT2D eigenvalue weighted by molar-refractivity contribution is 7.89. The number of hydrogen-bond acceptors (Lipinski definition) is 3. The minimum absolute atomic E-state index is 0.0288. The molecule has 0 aromatic rings. The standard InChI is InChI=1S/C10H18F3NO3S/c1-8(2)9(15)6-14(7-9)18(16,17)5-3-4-10(11,12)13/h8,15H,3-7H2,1-2H3. The Labute approximate surface area is 105 Å². The van der Waals surface area contributed by atoms with Crippen LogP contribution in [0.5, 0.6) is 0 Å². The molecule has 1 fully saturated rings. The maximum absolute atomic E-state index is 11.9. The molecule has 4 nitrogen and oxygen atoms in total. The Hall–Kier alpha value is -0.340. The number of β-amino-alcohol motifs (C(OH)–C–C–N with tert-alkyl or cyclic N) is 1. The first-order chi connectivity index (χ1) is 7.96. The molecule has 0 saturated carbocycles. The molecule has 1 rings (SSSR count). The third-order valence-corrected chi connectivity index (χ3v) is 5.08. The van der Waals surface area contributed by atoms with E-state index in [4.69, 9.17) is 0 Å². The van der Waals surface area contributed by atoms with Crippen molar-refractivity contribution >= 4 is 10.0 Å². The van der Waals surface area contributed by atoms with Gasteiger partial charge in [-0.3, -0.25) is 0 Å². The lowest BCUT2D eigenvalue weighted by molar-refractivity contribution is -0.134. The molecule has 18 heavy (non-hydrogen) atoms. The second-order valence-corrected chi connectivity index (χ2v) is 7.15. The summed E-state index contributed by atoms with van der Waals surface area (Å²) in [6.07, 6.45) is -5.87. The van der Waals surface area contributed by atoms with Gasteiger partial charge in [-0.25, -0.2) is 8.42 Å². The second-order valence-electron chi connectivity index (χ2n) is 5.06. The average Bonchev–Trinajstić information content (AvgIpc) is 2.09. The molecule has 8 heteroatoms. The normalized spacial score (nSPS) is 21.1. The van der Waals surface area contributed by atoms with Crippen LogP contribution < -0.4 is 0 Å². The summed E-state index contributed by atoms with van der Waals surface area (Å²) in [5, 5.41) is 9.89. The molecule has 1 aliphatic heterocycles. The molecule has 0 amide bonds. The van der Waals surface area contributed by atoms with Crippen molar-refractivity contribution in [2.45, 2.75) is 38.5 Å². The fourth-order valence-electron chi connectivity index (χ4n) is 1.71. The Morgan fingerprint density at radius 3 is 2.22 bits per heavy atom. The van der Waals surface area contributed by atoms with Gasteiger partial charge in [-0.15, -0.1) is 0 Å². The topological polar surface area (TPSA) is 57.6 Å². The molecule has 108 valence electrons. The van der Waals surface area contributed by atoms with Crippen molar-refractivity contribution in [3.63, 3.8) is 0 Å². The number of hydrogen-bond donors (Lipinski definition) is 1. The Morgan fingerprint density at radius 2 is 1.83 bits per heavy atom. The first-order valence-corrected chi connectivity index (χ1v) is 7.34. The maximum atomic E-state index is 11.9. The second kappa shape index (κ2) is 4.97. The smallest absolute Gasteiger partial charge is 0.387 e. The van der Waals surface area contributed by atoms with Crippen LogP contribution in [-0.2, 0) is 10.0 Å². The summed E-state index contributed by atoms with van der Waals surface area (Å²) < 4.78 is 60.1. The van der Waals surface area contributed by atoms with Crippen LogP contribution in [0.3, 0.4) is 0 Å². The lowest BCUT2D eigenvalue weighted by atomic mass is 9.85. The number of rotatable bonds is 5. The summed E-state index contributed by atoms with van der Waals surface area (Å²) in [7, 11) is -3.68. The lowest BCUT2D eigenvalue weighted by Gasteiger charge is -2.48. The minimum atomic E-state index is -4.33. The molecule has 0 aliphatic carbocycles. The molecule has 0 spiro atoms. The molecule has 1 heterocycles. The van der Waals surface area contributed by atoms with Crippen molar-refractivity contribution in [2.24, 2.45) is 5.92 Å². The van der Waals surface area contributed by atoms with Crippen LogP contribution in [0.2, 0.25) is 0 Å². The highest BCUT2D eigenvalue weighted by atomic mass is 32.2. The van der Waals surface area contributed by atoms with Crippen molar-refractivity contribution in [1.82, 2.24) is 4.31 Å². The minimum Gasteiger partial charge on any atom is -0.387 e. The molecule has 0 radical (unpaired) electrons. The van der Waals surface area contributed by atoms with Crippen LogP contribution in [0, 0.1) is 5.92 Å². The number of sulfonamides is 1. The Kier molecular flexibility index (Phi) is 4.34. The molecule has 0 bridgehead atoms. The summed E-state index contributed by atoms with van der Waals surface area (Å²) in [6.45, 7) is 3.49. The Bertz CT molecular complexity index is 386. The largest absolute Gasteiger partial charge is 0.389 e. The third-order valence-electron chi connectivity index (χ3n) is 3.23. The van der Waals surface area contributed by atoms with Crippen LogP contribution in [0.1, 0.15) is 26.7 Å². The number of alkyl halides is 3. The van der Waals surface area contributed by atoms with E-state index in [1.807, 2.05) is 0 Å². The van der Waals surface area contributed by atoms with Crippen molar-refractivity contribution in [3.05, 3.63) is 0 Å². The van der Waals surface area contributed by atoms with Gasteiger partial charge in [-0.1, -0.05) is 13.8 Å². The number of aliphatic hydroxyl groups is 1. The van der Waals surface area contributed by atoms with Crippen LogP contribution >= 0.6 is 0 Å². The molecular weight excluding hydrogens is 271 g/mol. The quantitative estimate of drug-likeness (QED) is 0.831. The predicted octanol–water partition coefficient (Wildman–Crippen LogP) is 1.36. The lowest BCUT2D eigenvalue weighted by Crippen LogP contribution is -2.66. The van der Waals surface area contributed by atoms with Crippen molar-refractivity contribution in [1.29, 1.82) is 0 Å². The third kappa shape index (κ3) is 3.83. The van der Waals surface area contributed by atoms with Crippen LogP contribution in [0.4, 0.5) is 13.2 Å². The van der Waals surface area contributed by atoms with E-state index >= 15 is 0 Å². The molecule has 0 atom stereocenters. The highest BCUT2D eigenvalue weighted by Crippen LogP contribution is 2.31. The van der Waals surface area contributed by atoms with E-state index in [2.05, 4.69) is 0 Å². The zero-order valence-electron chi connectivity index (χ0n) is 10.4. The fraction of sp³-hybridized carbons (Fsp3) is 1.00. The van der Waals surface area contributed by atoms with Gasteiger partial charge in [-0.05, 0) is 12.3 Å². The summed E-state index contributed by atoms with van der Waals surface area (Å²) in [4.78, 5) is 0. The van der Waals surface area contributed by atoms with Crippen LogP contribution in [-0.4, -0.2) is 48.4 Å². The van der Waals surface area contributed by atoms with Gasteiger partial charge < -0.3 is 5.11 Å². The van der Waals surface area contributed by atoms with E-state index < -0.39 is 40.4 Å². The molecule has 0 unspecified atom stereocenters. The van der Waals surface area contributed by atoms with Crippen molar-refractivity contribution < 1.29 is 26.7 Å². The first-order valence-electron chi connectivity index (χ1n) is 5.73. The van der Waals surface area contributed by atoms with Gasteiger partial charge in [0.05, 0.1) is 11.4 Å². The van der Waals surface area contributed by atoms with E-state index in [1.54, 1.807) is 13.8 Å². The van der Waals surface area contributed by atoms with Gasteiger partial charge in [0.2, 0.25) is 10.0 Å². The number of halogens is 3. The van der Waals surface area contributed by atoms with Crippen LogP contribution in [0.25, 0.3) is 0 Å². The molecule has 0 aromatic heterocycles. The monoisotopic (exact) mass is 289 g/mol. The predicted molar refractivity (Wildman–Crippen MR) is 60.4 cm³/mol. The van der Waals surface area contributed by atoms with E-state index in [9.17, 15) is 26.7 Å². The average molecular weight is 289 g/mol. The van der Waals surface area contributed by atoms with Crippen LogP contribution in [0.15, 0.2) is 0 Å². The molecule has 1 saturated heterocycles. The van der Waals surface area contributed by atoms with Gasteiger partial charge in [-0.2, -0.15) is 17.5 Å². The summed E-state index contributed by atoms with van der Waals surface area (Å²) in [5.74, 6) is -0.611. The van der Waals surface area contributed by atoms with Gasteiger partial charge in [0.1, 0.15) is 0 Å². The summed E-state index contributed by atoms with van der Waals surface area (Å²) >= 11 is 0. The van der Waals surface area contributed by atoms with E-state index in [1.165, 1.54) is 0 Å². The molecular formula is C10H18F3NO3S. The first kappa shape index (κ1) is 15.7. The maximum Gasteiger partial charge on any atom is 0.389 e. The summed E-state index contributed by atoms with van der Waals surface area (Å²) in [6, 6.07) is 0. The Morgan fingerprint density at radius 1 is 1.33 bits per heavy atom. The van der Waals surface area contributed by atoms with Gasteiger partial charge in [0.15, 0.2) is 0 Å². The van der Waals surface area contributed by atoms with Gasteiger partial charge in [0.25, 0.3) is 0 Å². The zero-order valence-corrected chi connectivity index (χ0v) is 11.2. The Balaban J connectivity index is 2.44. The molecule has 0 aromatic carbocycles. The molecule has 1 N–H and O–H groups in total. The van der Waals surface area contributed by atoms with E-state index in [0.29, 0.717) is 0 Å². The van der Waals surface area contributed by atoms with Crippen molar-refractivity contribution in [3.8, 4) is 0 Å². The van der Waals surface area contributed by atoms with E-state index in [0.717, 1.165) is 4.31 Å². The summed E-state index contributed by atoms with van der Waals surface area (Å²) in [5.41, 5.74) is -1.04. The zero-order chi connectivity index (χ0) is 14.2. The van der Waals surface area contributed by atoms with Gasteiger partial charge >= 0.3 is 6.18 Å². The SMILES string of the molecule is CC(C)C1(O)CN(S(=O)(=O)CCCC(F)(F)F)C1. The fourth-order valence-corrected chi connectivity index (χ4v) is 3.32. The highest BCUT2D eigenvalue weighted by Gasteiger charge is 2.48. The number of nitrogens with zero attached hydrogens (tertiary/aromatic N) is 1.